The van der Waals surface area contributed by atoms with Crippen molar-refractivity contribution >= 4 is 6.29 Å². The molecule has 4 N–H and O–H groups in total. The lowest BCUT2D eigenvalue weighted by Crippen LogP contribution is -2.22. The van der Waals surface area contributed by atoms with Crippen LogP contribution in [0.3, 0.4) is 0 Å². The molecule has 0 radical (unpaired) electrons. The molecule has 1 heterocycles. The van der Waals surface area contributed by atoms with E-state index in [1.165, 1.54) is 5.56 Å². The average molecular weight is 505 g/mol. The number of rotatable bonds is 22. The highest BCUT2D eigenvalue weighted by atomic mass is 16.5. The van der Waals surface area contributed by atoms with Gasteiger partial charge in [-0.25, -0.2) is 0 Å². The number of aromatic nitrogens is 2. The Labute approximate surface area is 215 Å². The largest absolute Gasteiger partial charge is 0.493 e. The summed E-state index contributed by atoms with van der Waals surface area (Å²) >= 11 is 0. The minimum absolute atomic E-state index is 0.547. The molecule has 1 aromatic heterocycles. The number of unbranched alkanes of at least 4 members (excludes halogenated alkanes) is 3. The van der Waals surface area contributed by atoms with E-state index in [-0.39, 0.29) is 0 Å². The van der Waals surface area contributed by atoms with Crippen LogP contribution >= 0.6 is 0 Å². The SMILES string of the molecule is Cc1n[nH]c(C)c1CCCOc1cc(C=O)cc(OCCCCCCNCCOCCOCCN)c1. The van der Waals surface area contributed by atoms with E-state index in [2.05, 4.69) is 15.5 Å². The van der Waals surface area contributed by atoms with Gasteiger partial charge in [-0.15, -0.1) is 0 Å². The van der Waals surface area contributed by atoms with Crippen molar-refractivity contribution in [2.24, 2.45) is 5.73 Å². The fourth-order valence-corrected chi connectivity index (χ4v) is 3.78. The van der Waals surface area contributed by atoms with E-state index >= 15 is 0 Å². The number of hydrogen-bond acceptors (Lipinski definition) is 8. The molecule has 0 aliphatic heterocycles. The monoisotopic (exact) mass is 504 g/mol. The van der Waals surface area contributed by atoms with Crippen molar-refractivity contribution in [1.29, 1.82) is 0 Å². The predicted molar refractivity (Wildman–Crippen MR) is 141 cm³/mol. The number of aryl methyl sites for hydroxylation is 2. The second kappa shape index (κ2) is 18.8. The molecule has 0 fully saturated rings. The van der Waals surface area contributed by atoms with Gasteiger partial charge in [-0.05, 0) is 63.8 Å². The topological polar surface area (TPSA) is 121 Å². The normalized spacial score (nSPS) is 11.1. The second-order valence-electron chi connectivity index (χ2n) is 8.75. The van der Waals surface area contributed by atoms with Crippen LogP contribution in [0.15, 0.2) is 18.2 Å². The first-order valence-corrected chi connectivity index (χ1v) is 13.1. The lowest BCUT2D eigenvalue weighted by atomic mass is 10.1. The highest BCUT2D eigenvalue weighted by Crippen LogP contribution is 2.23. The van der Waals surface area contributed by atoms with Crippen LogP contribution in [-0.4, -0.2) is 75.8 Å². The standard InChI is InChI=1S/C27H44N4O5/c1-22-27(23(2)31-30-22)8-7-13-36-26-19-24(21-32)18-25(20-26)35-12-6-4-3-5-10-29-11-15-34-17-16-33-14-9-28/h18-21,29H,3-17,28H2,1-2H3,(H,30,31). The third-order valence-electron chi connectivity index (χ3n) is 5.73. The van der Waals surface area contributed by atoms with Gasteiger partial charge < -0.3 is 30.0 Å². The van der Waals surface area contributed by atoms with Gasteiger partial charge in [-0.2, -0.15) is 5.10 Å². The van der Waals surface area contributed by atoms with Crippen molar-refractivity contribution in [3.63, 3.8) is 0 Å². The summed E-state index contributed by atoms with van der Waals surface area (Å²) in [6.45, 7) is 10.1. The number of nitrogens with one attached hydrogen (secondary N) is 2. The number of benzene rings is 1. The van der Waals surface area contributed by atoms with E-state index in [1.54, 1.807) is 12.1 Å². The zero-order valence-corrected chi connectivity index (χ0v) is 22.0. The van der Waals surface area contributed by atoms with E-state index in [0.29, 0.717) is 63.2 Å². The highest BCUT2D eigenvalue weighted by Gasteiger charge is 2.07. The lowest BCUT2D eigenvalue weighted by Gasteiger charge is -2.11. The summed E-state index contributed by atoms with van der Waals surface area (Å²) in [6.07, 6.45) is 6.93. The quantitative estimate of drug-likeness (QED) is 0.165. The van der Waals surface area contributed by atoms with Crippen LogP contribution in [0.2, 0.25) is 0 Å². The van der Waals surface area contributed by atoms with Gasteiger partial charge in [-0.3, -0.25) is 9.89 Å². The first-order valence-electron chi connectivity index (χ1n) is 13.1. The van der Waals surface area contributed by atoms with Gasteiger partial charge in [0.2, 0.25) is 0 Å². The van der Waals surface area contributed by atoms with Crippen LogP contribution in [0.5, 0.6) is 11.5 Å². The number of carbonyl (C=O) groups excluding carboxylic acids is 1. The molecule has 0 bridgehead atoms. The molecule has 0 spiro atoms. The summed E-state index contributed by atoms with van der Waals surface area (Å²) in [4.78, 5) is 11.3. The molecule has 0 unspecified atom stereocenters. The van der Waals surface area contributed by atoms with Crippen molar-refractivity contribution in [1.82, 2.24) is 15.5 Å². The molecule has 2 aromatic rings. The maximum Gasteiger partial charge on any atom is 0.150 e. The first-order chi connectivity index (χ1) is 17.6. The maximum absolute atomic E-state index is 11.3. The Morgan fingerprint density at radius 2 is 1.56 bits per heavy atom. The summed E-state index contributed by atoms with van der Waals surface area (Å²) in [7, 11) is 0. The van der Waals surface area contributed by atoms with Crippen LogP contribution in [0.25, 0.3) is 0 Å². The van der Waals surface area contributed by atoms with Gasteiger partial charge in [-0.1, -0.05) is 12.8 Å². The number of aromatic amines is 1. The molecule has 202 valence electrons. The zero-order chi connectivity index (χ0) is 25.8. The number of carbonyl (C=O) groups is 1. The van der Waals surface area contributed by atoms with E-state index in [9.17, 15) is 4.79 Å². The molecule has 36 heavy (non-hydrogen) atoms. The molecular weight excluding hydrogens is 460 g/mol. The summed E-state index contributed by atoms with van der Waals surface area (Å²) in [6, 6.07) is 5.37. The third-order valence-corrected chi connectivity index (χ3v) is 5.73. The second-order valence-corrected chi connectivity index (χ2v) is 8.75. The van der Waals surface area contributed by atoms with Gasteiger partial charge in [0, 0.05) is 30.4 Å². The highest BCUT2D eigenvalue weighted by molar-refractivity contribution is 5.76. The van der Waals surface area contributed by atoms with Crippen molar-refractivity contribution in [2.45, 2.75) is 52.4 Å². The minimum Gasteiger partial charge on any atom is -0.493 e. The number of H-pyrrole nitrogens is 1. The maximum atomic E-state index is 11.3. The molecule has 2 rings (SSSR count). The molecule has 0 saturated carbocycles. The molecule has 0 aliphatic carbocycles. The van der Waals surface area contributed by atoms with Crippen molar-refractivity contribution in [2.75, 3.05) is 59.3 Å². The van der Waals surface area contributed by atoms with Gasteiger partial charge in [0.05, 0.1) is 45.3 Å². The van der Waals surface area contributed by atoms with E-state index < -0.39 is 0 Å². The van der Waals surface area contributed by atoms with Crippen LogP contribution in [0, 0.1) is 13.8 Å². The summed E-state index contributed by atoms with van der Waals surface area (Å²) in [5.41, 5.74) is 9.30. The summed E-state index contributed by atoms with van der Waals surface area (Å²) < 4.78 is 22.5. The van der Waals surface area contributed by atoms with Gasteiger partial charge in [0.1, 0.15) is 17.8 Å². The molecular formula is C27H44N4O5. The average Bonchev–Trinajstić information content (AvgIpc) is 3.20. The fourth-order valence-electron chi connectivity index (χ4n) is 3.78. The van der Waals surface area contributed by atoms with Gasteiger partial charge in [0.15, 0.2) is 0 Å². The molecule has 0 atom stereocenters. The number of ether oxygens (including phenoxy) is 4. The predicted octanol–water partition coefficient (Wildman–Crippen LogP) is 3.37. The lowest BCUT2D eigenvalue weighted by molar-refractivity contribution is 0.0519. The number of hydrogen-bond donors (Lipinski definition) is 3. The molecule has 1 aromatic carbocycles. The number of nitrogens with zero attached hydrogens (tertiary/aromatic N) is 1. The number of nitrogens with two attached hydrogens (primary N) is 1. The Hall–Kier alpha value is -2.46. The molecule has 9 nitrogen and oxygen atoms in total. The third kappa shape index (κ3) is 12.5. The van der Waals surface area contributed by atoms with Crippen molar-refractivity contribution in [3.05, 3.63) is 40.7 Å². The Kier molecular flexibility index (Phi) is 15.5. The Morgan fingerprint density at radius 1 is 0.861 bits per heavy atom. The smallest absolute Gasteiger partial charge is 0.150 e. The number of aldehydes is 1. The molecule has 0 amide bonds. The van der Waals surface area contributed by atoms with E-state index in [1.807, 2.05) is 19.9 Å². The Morgan fingerprint density at radius 3 is 2.22 bits per heavy atom. The van der Waals surface area contributed by atoms with Crippen LogP contribution < -0.4 is 20.5 Å². The Balaban J connectivity index is 1.52. The molecule has 0 aliphatic rings. The summed E-state index contributed by atoms with van der Waals surface area (Å²) in [5.74, 6) is 1.33. The van der Waals surface area contributed by atoms with Crippen LogP contribution in [0.4, 0.5) is 0 Å². The zero-order valence-electron chi connectivity index (χ0n) is 22.0. The van der Waals surface area contributed by atoms with Gasteiger partial charge >= 0.3 is 0 Å². The van der Waals surface area contributed by atoms with E-state index in [0.717, 1.165) is 69.3 Å². The van der Waals surface area contributed by atoms with Crippen LogP contribution in [-0.2, 0) is 15.9 Å². The fraction of sp³-hybridized carbons (Fsp3) is 0.630. The van der Waals surface area contributed by atoms with Crippen LogP contribution in [0.1, 0.15) is 59.4 Å². The van der Waals surface area contributed by atoms with E-state index in [4.69, 9.17) is 24.7 Å². The van der Waals surface area contributed by atoms with Gasteiger partial charge in [0.25, 0.3) is 0 Å². The van der Waals surface area contributed by atoms with Crippen molar-refractivity contribution in [3.8, 4) is 11.5 Å². The van der Waals surface area contributed by atoms with Crippen molar-refractivity contribution < 1.29 is 23.7 Å². The summed E-state index contributed by atoms with van der Waals surface area (Å²) in [5, 5.41) is 10.6. The Bertz CT molecular complexity index is 839. The first kappa shape index (κ1) is 29.8. The molecule has 9 heteroatoms. The molecule has 0 saturated heterocycles. The minimum atomic E-state index is 0.547.